The zero-order valence-electron chi connectivity index (χ0n) is 12.3. The van der Waals surface area contributed by atoms with Gasteiger partial charge >= 0.3 is 0 Å². The zero-order chi connectivity index (χ0) is 15.0. The van der Waals surface area contributed by atoms with Crippen molar-refractivity contribution < 1.29 is 9.53 Å². The van der Waals surface area contributed by atoms with Crippen molar-refractivity contribution in [3.05, 3.63) is 39.6 Å². The molecule has 0 bridgehead atoms. The van der Waals surface area contributed by atoms with Crippen LogP contribution in [0.25, 0.3) is 0 Å². The Bertz CT molecular complexity index is 694. The van der Waals surface area contributed by atoms with E-state index in [9.17, 15) is 4.79 Å². The van der Waals surface area contributed by atoms with Crippen molar-refractivity contribution in [3.8, 4) is 5.75 Å². The second kappa shape index (κ2) is 5.41. The molecule has 1 aromatic carbocycles. The van der Waals surface area contributed by atoms with Crippen LogP contribution in [0.2, 0.25) is 0 Å². The molecule has 0 spiro atoms. The third-order valence-electron chi connectivity index (χ3n) is 3.54. The molecule has 1 atom stereocenters. The molecule has 1 aliphatic heterocycles. The van der Waals surface area contributed by atoms with Gasteiger partial charge in [-0.1, -0.05) is 0 Å². The molecule has 21 heavy (non-hydrogen) atoms. The van der Waals surface area contributed by atoms with Gasteiger partial charge in [-0.15, -0.1) is 11.3 Å². The molecule has 1 aromatic heterocycles. The Morgan fingerprint density at radius 2 is 2.14 bits per heavy atom. The minimum absolute atomic E-state index is 0.107. The van der Waals surface area contributed by atoms with Crippen molar-refractivity contribution in [2.24, 2.45) is 0 Å². The first kappa shape index (κ1) is 13.9. The largest absolute Gasteiger partial charge is 0.479 e. The maximum absolute atomic E-state index is 11.6. The van der Waals surface area contributed by atoms with Crippen LogP contribution in [0, 0.1) is 13.8 Å². The third-order valence-corrected chi connectivity index (χ3v) is 4.55. The van der Waals surface area contributed by atoms with Crippen molar-refractivity contribution in [2.75, 3.05) is 10.6 Å². The Morgan fingerprint density at radius 1 is 1.33 bits per heavy atom. The molecule has 0 saturated heterocycles. The number of benzene rings is 1. The molecule has 2 heterocycles. The molecule has 0 radical (unpaired) electrons. The number of anilines is 2. The van der Waals surface area contributed by atoms with Gasteiger partial charge < -0.3 is 15.4 Å². The number of nitrogens with one attached hydrogen (secondary N) is 2. The van der Waals surface area contributed by atoms with Gasteiger partial charge in [0.25, 0.3) is 5.91 Å². The highest BCUT2D eigenvalue weighted by molar-refractivity contribution is 7.12. The van der Waals surface area contributed by atoms with Crippen molar-refractivity contribution in [1.29, 1.82) is 0 Å². The van der Waals surface area contributed by atoms with Gasteiger partial charge in [-0.25, -0.2) is 0 Å². The van der Waals surface area contributed by atoms with E-state index in [1.54, 1.807) is 6.92 Å². The van der Waals surface area contributed by atoms with E-state index >= 15 is 0 Å². The van der Waals surface area contributed by atoms with Crippen LogP contribution >= 0.6 is 11.3 Å². The molecule has 0 aliphatic carbocycles. The number of rotatable bonds is 3. The van der Waals surface area contributed by atoms with E-state index in [0.717, 1.165) is 23.7 Å². The molecular weight excluding hydrogens is 284 g/mol. The molecule has 3 rings (SSSR count). The van der Waals surface area contributed by atoms with E-state index in [-0.39, 0.29) is 5.91 Å². The average molecular weight is 302 g/mol. The van der Waals surface area contributed by atoms with E-state index in [1.165, 1.54) is 15.3 Å². The van der Waals surface area contributed by atoms with Crippen LogP contribution in [0.15, 0.2) is 24.3 Å². The van der Waals surface area contributed by atoms with E-state index in [4.69, 9.17) is 4.74 Å². The summed E-state index contributed by atoms with van der Waals surface area (Å²) in [6, 6.07) is 7.97. The van der Waals surface area contributed by atoms with E-state index in [1.807, 2.05) is 29.5 Å². The standard InChI is InChI=1S/C16H18N2O2S/c1-9-6-12(11(3)21-9)8-17-13-4-5-15-14(7-13)18-16(19)10(2)20-15/h4-7,10,17H,8H2,1-3H3,(H,18,19). The summed E-state index contributed by atoms with van der Waals surface area (Å²) in [4.78, 5) is 14.3. The molecule has 1 aliphatic rings. The van der Waals surface area contributed by atoms with Gasteiger partial charge in [-0.2, -0.15) is 0 Å². The number of fused-ring (bicyclic) bond motifs is 1. The summed E-state index contributed by atoms with van der Waals surface area (Å²) in [6.07, 6.45) is -0.437. The highest BCUT2D eigenvalue weighted by Gasteiger charge is 2.23. The highest BCUT2D eigenvalue weighted by Crippen LogP contribution is 2.32. The zero-order valence-corrected chi connectivity index (χ0v) is 13.1. The number of carbonyl (C=O) groups excluding carboxylic acids is 1. The maximum atomic E-state index is 11.6. The number of hydrogen-bond donors (Lipinski definition) is 2. The highest BCUT2D eigenvalue weighted by atomic mass is 32.1. The van der Waals surface area contributed by atoms with Crippen molar-refractivity contribution >= 4 is 28.6 Å². The van der Waals surface area contributed by atoms with E-state index in [0.29, 0.717) is 0 Å². The number of hydrogen-bond acceptors (Lipinski definition) is 4. The number of thiophene rings is 1. The smallest absolute Gasteiger partial charge is 0.265 e. The summed E-state index contributed by atoms with van der Waals surface area (Å²) in [5.74, 6) is 0.610. The molecule has 2 N–H and O–H groups in total. The maximum Gasteiger partial charge on any atom is 0.265 e. The van der Waals surface area contributed by atoms with Crippen LogP contribution in [-0.4, -0.2) is 12.0 Å². The second-order valence-electron chi connectivity index (χ2n) is 5.25. The second-order valence-corrected chi connectivity index (χ2v) is 6.71. The van der Waals surface area contributed by atoms with E-state index in [2.05, 4.69) is 30.5 Å². The lowest BCUT2D eigenvalue weighted by atomic mass is 10.2. The minimum Gasteiger partial charge on any atom is -0.479 e. The molecule has 0 saturated carbocycles. The van der Waals surface area contributed by atoms with Gasteiger partial charge in [0.1, 0.15) is 5.75 Å². The quantitative estimate of drug-likeness (QED) is 0.909. The summed E-state index contributed by atoms with van der Waals surface area (Å²) >= 11 is 1.81. The predicted molar refractivity (Wildman–Crippen MR) is 86.3 cm³/mol. The van der Waals surface area contributed by atoms with Crippen LogP contribution in [0.3, 0.4) is 0 Å². The number of carbonyl (C=O) groups is 1. The monoisotopic (exact) mass is 302 g/mol. The summed E-state index contributed by atoms with van der Waals surface area (Å²) in [5.41, 5.74) is 3.00. The van der Waals surface area contributed by atoms with Crippen LogP contribution in [0.1, 0.15) is 22.2 Å². The lowest BCUT2D eigenvalue weighted by Gasteiger charge is -2.23. The lowest BCUT2D eigenvalue weighted by Crippen LogP contribution is -2.34. The first-order chi connectivity index (χ1) is 10.0. The molecule has 0 fully saturated rings. The van der Waals surface area contributed by atoms with Crippen LogP contribution < -0.4 is 15.4 Å². The van der Waals surface area contributed by atoms with Crippen LogP contribution in [0.4, 0.5) is 11.4 Å². The summed E-state index contributed by atoms with van der Waals surface area (Å²) in [6.45, 7) is 6.78. The fourth-order valence-electron chi connectivity index (χ4n) is 2.38. The fraction of sp³-hybridized carbons (Fsp3) is 0.312. The van der Waals surface area contributed by atoms with Crippen molar-refractivity contribution in [3.63, 3.8) is 0 Å². The van der Waals surface area contributed by atoms with E-state index < -0.39 is 6.10 Å². The molecule has 1 unspecified atom stereocenters. The van der Waals surface area contributed by atoms with Crippen LogP contribution in [0.5, 0.6) is 5.75 Å². The fourth-order valence-corrected chi connectivity index (χ4v) is 3.32. The molecule has 2 aromatic rings. The Hall–Kier alpha value is -2.01. The first-order valence-corrected chi connectivity index (χ1v) is 7.76. The van der Waals surface area contributed by atoms with Crippen molar-refractivity contribution in [1.82, 2.24) is 0 Å². The molecule has 110 valence electrons. The Labute approximate surface area is 128 Å². The van der Waals surface area contributed by atoms with Gasteiger partial charge in [0.05, 0.1) is 5.69 Å². The van der Waals surface area contributed by atoms with Crippen LogP contribution in [-0.2, 0) is 11.3 Å². The first-order valence-electron chi connectivity index (χ1n) is 6.94. The van der Waals surface area contributed by atoms with Gasteiger partial charge in [0.15, 0.2) is 6.10 Å². The average Bonchev–Trinajstić information content (AvgIpc) is 2.76. The number of aryl methyl sites for hydroxylation is 2. The molecule has 4 nitrogen and oxygen atoms in total. The van der Waals surface area contributed by atoms with Crippen molar-refractivity contribution in [2.45, 2.75) is 33.4 Å². The summed E-state index contributed by atoms with van der Waals surface area (Å²) < 4.78 is 5.55. The lowest BCUT2D eigenvalue weighted by molar-refractivity contribution is -0.122. The topological polar surface area (TPSA) is 50.4 Å². The molecule has 1 amide bonds. The Balaban J connectivity index is 1.74. The SMILES string of the molecule is Cc1cc(CNc2ccc3c(c2)NC(=O)C(C)O3)c(C)s1. The van der Waals surface area contributed by atoms with Gasteiger partial charge in [-0.05, 0) is 50.6 Å². The Morgan fingerprint density at radius 3 is 2.86 bits per heavy atom. The summed E-state index contributed by atoms with van der Waals surface area (Å²) in [5, 5.41) is 6.25. The third kappa shape index (κ3) is 2.88. The summed E-state index contributed by atoms with van der Waals surface area (Å²) in [7, 11) is 0. The van der Waals surface area contributed by atoms with Gasteiger partial charge in [-0.3, -0.25) is 4.79 Å². The number of ether oxygens (including phenoxy) is 1. The van der Waals surface area contributed by atoms with Gasteiger partial charge in [0, 0.05) is 22.0 Å². The minimum atomic E-state index is -0.437. The predicted octanol–water partition coefficient (Wildman–Crippen LogP) is 3.70. The Kier molecular flexibility index (Phi) is 3.59. The number of amides is 1. The molecular formula is C16H18N2O2S. The molecule has 5 heteroatoms. The normalized spacial score (nSPS) is 16.9. The van der Waals surface area contributed by atoms with Gasteiger partial charge in [0.2, 0.25) is 0 Å².